The van der Waals surface area contributed by atoms with Crippen molar-refractivity contribution >= 4 is 33.1 Å². The molecule has 0 bridgehead atoms. The summed E-state index contributed by atoms with van der Waals surface area (Å²) >= 11 is 5.93. The van der Waals surface area contributed by atoms with Gasteiger partial charge in [-0.15, -0.1) is 0 Å². The van der Waals surface area contributed by atoms with Gasteiger partial charge in [-0.2, -0.15) is 0 Å². The zero-order chi connectivity index (χ0) is 17.6. The minimum Gasteiger partial charge on any atom is -0.206 e. The SMILES string of the molecule is CCc1ccc2c(cc(F)c3cc(-c4ccc(Cl)cc4)ccc32)c1F. The standard InChI is InChI=1S/C22H15ClF2/c1-2-13-5-9-18-17-10-6-15(14-3-7-16(23)8-4-14)11-19(17)21(24)12-20(18)22(13)25/h3-12H,2H2,1H3. The predicted molar refractivity (Wildman–Crippen MR) is 101 cm³/mol. The Balaban J connectivity index is 1.99. The summed E-state index contributed by atoms with van der Waals surface area (Å²) in [5.41, 5.74) is 2.45. The van der Waals surface area contributed by atoms with Crippen molar-refractivity contribution in [3.05, 3.63) is 82.9 Å². The van der Waals surface area contributed by atoms with E-state index in [4.69, 9.17) is 11.6 Å². The van der Waals surface area contributed by atoms with Crippen LogP contribution in [0.1, 0.15) is 12.5 Å². The Bertz CT molecular complexity index is 1100. The Kier molecular flexibility index (Phi) is 3.93. The van der Waals surface area contributed by atoms with Gasteiger partial charge in [-0.05, 0) is 58.1 Å². The van der Waals surface area contributed by atoms with Crippen LogP contribution in [0.3, 0.4) is 0 Å². The van der Waals surface area contributed by atoms with E-state index in [0.717, 1.165) is 16.5 Å². The minimum atomic E-state index is -0.412. The van der Waals surface area contributed by atoms with E-state index >= 15 is 0 Å². The Morgan fingerprint density at radius 1 is 0.720 bits per heavy atom. The quantitative estimate of drug-likeness (QED) is 0.336. The van der Waals surface area contributed by atoms with Gasteiger partial charge in [0.05, 0.1) is 0 Å². The van der Waals surface area contributed by atoms with Gasteiger partial charge in [0.2, 0.25) is 0 Å². The van der Waals surface area contributed by atoms with E-state index < -0.39 is 5.82 Å². The zero-order valence-corrected chi connectivity index (χ0v) is 14.4. The third kappa shape index (κ3) is 2.67. The molecule has 0 unspecified atom stereocenters. The van der Waals surface area contributed by atoms with Crippen LogP contribution in [-0.4, -0.2) is 0 Å². The highest BCUT2D eigenvalue weighted by atomic mass is 35.5. The average molecular weight is 353 g/mol. The number of benzene rings is 4. The molecule has 3 heteroatoms. The maximum Gasteiger partial charge on any atom is 0.134 e. The van der Waals surface area contributed by atoms with Crippen LogP contribution in [0, 0.1) is 11.6 Å². The molecular weight excluding hydrogens is 338 g/mol. The van der Waals surface area contributed by atoms with Gasteiger partial charge >= 0.3 is 0 Å². The van der Waals surface area contributed by atoms with Crippen LogP contribution >= 0.6 is 11.6 Å². The third-order valence-electron chi connectivity index (χ3n) is 4.66. The first kappa shape index (κ1) is 16.0. The molecule has 0 aromatic heterocycles. The van der Waals surface area contributed by atoms with Gasteiger partial charge in [0, 0.05) is 15.8 Å². The monoisotopic (exact) mass is 352 g/mol. The van der Waals surface area contributed by atoms with E-state index in [9.17, 15) is 8.78 Å². The first-order chi connectivity index (χ1) is 12.1. The largest absolute Gasteiger partial charge is 0.206 e. The number of hydrogen-bond donors (Lipinski definition) is 0. The van der Waals surface area contributed by atoms with Gasteiger partial charge in [0.15, 0.2) is 0 Å². The molecule has 4 rings (SSSR count). The van der Waals surface area contributed by atoms with Gasteiger partial charge < -0.3 is 0 Å². The Labute approximate surface area is 149 Å². The van der Waals surface area contributed by atoms with Crippen LogP contribution in [-0.2, 0) is 6.42 Å². The van der Waals surface area contributed by atoms with Crippen LogP contribution in [0.5, 0.6) is 0 Å². The summed E-state index contributed by atoms with van der Waals surface area (Å²) in [4.78, 5) is 0. The van der Waals surface area contributed by atoms with Crippen molar-refractivity contribution < 1.29 is 8.78 Å². The summed E-state index contributed by atoms with van der Waals surface area (Å²) in [6.07, 6.45) is 0.580. The van der Waals surface area contributed by atoms with E-state index in [1.54, 1.807) is 24.3 Å². The first-order valence-corrected chi connectivity index (χ1v) is 8.55. The van der Waals surface area contributed by atoms with Gasteiger partial charge in [-0.25, -0.2) is 8.78 Å². The molecule has 0 saturated heterocycles. The summed E-state index contributed by atoms with van der Waals surface area (Å²) < 4.78 is 29.3. The lowest BCUT2D eigenvalue weighted by Gasteiger charge is -2.11. The molecule has 0 spiro atoms. The fraction of sp³-hybridized carbons (Fsp3) is 0.0909. The number of fused-ring (bicyclic) bond motifs is 3. The summed E-state index contributed by atoms with van der Waals surface area (Å²) in [6.45, 7) is 1.89. The van der Waals surface area contributed by atoms with Crippen molar-refractivity contribution in [1.29, 1.82) is 0 Å². The fourth-order valence-corrected chi connectivity index (χ4v) is 3.42. The summed E-state index contributed by atoms with van der Waals surface area (Å²) in [7, 11) is 0. The van der Waals surface area contributed by atoms with Gasteiger partial charge in [-0.1, -0.05) is 54.9 Å². The molecule has 0 aliphatic heterocycles. The van der Waals surface area contributed by atoms with Gasteiger partial charge in [0.25, 0.3) is 0 Å². The van der Waals surface area contributed by atoms with Crippen molar-refractivity contribution in [2.24, 2.45) is 0 Å². The van der Waals surface area contributed by atoms with Crippen molar-refractivity contribution in [2.75, 3.05) is 0 Å². The number of rotatable bonds is 2. The van der Waals surface area contributed by atoms with Crippen LogP contribution in [0.2, 0.25) is 5.02 Å². The van der Waals surface area contributed by atoms with E-state index in [1.807, 2.05) is 37.3 Å². The lowest BCUT2D eigenvalue weighted by atomic mass is 9.95. The van der Waals surface area contributed by atoms with E-state index in [-0.39, 0.29) is 5.82 Å². The van der Waals surface area contributed by atoms with Crippen LogP contribution < -0.4 is 0 Å². The Morgan fingerprint density at radius 2 is 1.36 bits per heavy atom. The van der Waals surface area contributed by atoms with Crippen LogP contribution in [0.25, 0.3) is 32.7 Å². The number of aryl methyl sites for hydroxylation is 1. The summed E-state index contributed by atoms with van der Waals surface area (Å²) in [5, 5.41) is 2.93. The molecule has 0 aliphatic rings. The molecule has 0 atom stereocenters. The highest BCUT2D eigenvalue weighted by molar-refractivity contribution is 6.30. The summed E-state index contributed by atoms with van der Waals surface area (Å²) in [6, 6.07) is 18.0. The number of hydrogen-bond acceptors (Lipinski definition) is 0. The van der Waals surface area contributed by atoms with Crippen LogP contribution in [0.4, 0.5) is 8.78 Å². The average Bonchev–Trinajstić information content (AvgIpc) is 2.63. The normalized spacial score (nSPS) is 11.4. The molecule has 0 nitrogen and oxygen atoms in total. The predicted octanol–water partition coefficient (Wildman–Crippen LogP) is 7.15. The van der Waals surface area contributed by atoms with Crippen molar-refractivity contribution in [3.8, 4) is 11.1 Å². The van der Waals surface area contributed by atoms with Crippen molar-refractivity contribution in [3.63, 3.8) is 0 Å². The molecule has 25 heavy (non-hydrogen) atoms. The lowest BCUT2D eigenvalue weighted by Crippen LogP contribution is -1.92. The highest BCUT2D eigenvalue weighted by Crippen LogP contribution is 2.34. The molecule has 4 aromatic rings. The molecule has 0 heterocycles. The van der Waals surface area contributed by atoms with E-state index in [1.165, 1.54) is 6.07 Å². The maximum atomic E-state index is 14.7. The molecule has 0 saturated carbocycles. The molecule has 0 N–H and O–H groups in total. The zero-order valence-electron chi connectivity index (χ0n) is 13.6. The van der Waals surface area contributed by atoms with E-state index in [0.29, 0.717) is 33.2 Å². The molecular formula is C22H15ClF2. The Morgan fingerprint density at radius 3 is 2.08 bits per heavy atom. The highest BCUT2D eigenvalue weighted by Gasteiger charge is 2.13. The molecule has 0 amide bonds. The molecule has 0 fully saturated rings. The second-order valence-electron chi connectivity index (χ2n) is 6.11. The second kappa shape index (κ2) is 6.12. The third-order valence-corrected chi connectivity index (χ3v) is 4.91. The molecule has 0 aliphatic carbocycles. The minimum absolute atomic E-state index is 0.331. The lowest BCUT2D eigenvalue weighted by molar-refractivity contribution is 0.618. The summed E-state index contributed by atoms with van der Waals surface area (Å²) in [5.74, 6) is -0.743. The molecule has 124 valence electrons. The molecule has 4 aromatic carbocycles. The number of halogens is 3. The van der Waals surface area contributed by atoms with E-state index in [2.05, 4.69) is 0 Å². The molecule has 0 radical (unpaired) electrons. The maximum absolute atomic E-state index is 14.7. The van der Waals surface area contributed by atoms with Crippen molar-refractivity contribution in [2.45, 2.75) is 13.3 Å². The Hall–Kier alpha value is -2.45. The first-order valence-electron chi connectivity index (χ1n) is 8.18. The van der Waals surface area contributed by atoms with Crippen LogP contribution in [0.15, 0.2) is 60.7 Å². The second-order valence-corrected chi connectivity index (χ2v) is 6.55. The fourth-order valence-electron chi connectivity index (χ4n) is 3.29. The topological polar surface area (TPSA) is 0 Å². The smallest absolute Gasteiger partial charge is 0.134 e. The van der Waals surface area contributed by atoms with Crippen molar-refractivity contribution in [1.82, 2.24) is 0 Å². The van der Waals surface area contributed by atoms with Gasteiger partial charge in [-0.3, -0.25) is 0 Å². The van der Waals surface area contributed by atoms with Gasteiger partial charge in [0.1, 0.15) is 11.6 Å².